The van der Waals surface area contributed by atoms with Crippen LogP contribution in [0.3, 0.4) is 0 Å². The van der Waals surface area contributed by atoms with Crippen molar-refractivity contribution in [2.75, 3.05) is 12.8 Å². The number of rotatable bonds is 4. The van der Waals surface area contributed by atoms with Gasteiger partial charge in [-0.2, -0.15) is 0 Å². The van der Waals surface area contributed by atoms with E-state index in [0.29, 0.717) is 5.56 Å². The largest absolute Gasteiger partial charge is 0.444 e. The molecule has 8 heteroatoms. The molecule has 0 saturated heterocycles. The van der Waals surface area contributed by atoms with E-state index in [1.807, 2.05) is 0 Å². The van der Waals surface area contributed by atoms with Crippen LogP contribution in [0.25, 0.3) is 0 Å². The minimum absolute atomic E-state index is 0.106. The Morgan fingerprint density at radius 3 is 2.50 bits per heavy atom. The van der Waals surface area contributed by atoms with Gasteiger partial charge in [0.1, 0.15) is 11.4 Å². The Bertz CT molecular complexity index is 745. The highest BCUT2D eigenvalue weighted by molar-refractivity contribution is 7.91. The average Bonchev–Trinajstić information content (AvgIpc) is 3.05. The summed E-state index contributed by atoms with van der Waals surface area (Å²) >= 11 is 0. The smallest absolute Gasteiger partial charge is 0.408 e. The van der Waals surface area contributed by atoms with E-state index in [1.54, 1.807) is 26.8 Å². The molecule has 1 saturated carbocycles. The fourth-order valence-corrected chi connectivity index (χ4v) is 5.02. The fraction of sp³-hybridized carbons (Fsp3) is 0.562. The highest BCUT2D eigenvalue weighted by Crippen LogP contribution is 2.55. The summed E-state index contributed by atoms with van der Waals surface area (Å²) in [6.07, 6.45) is 0.332. The van der Waals surface area contributed by atoms with Gasteiger partial charge in [0.25, 0.3) is 0 Å². The molecule has 0 aliphatic heterocycles. The molecule has 1 aliphatic carbocycles. The first-order valence-electron chi connectivity index (χ1n) is 7.56. The maximum atomic E-state index is 13.5. The molecular formula is C16H23FN2O4S. The van der Waals surface area contributed by atoms with E-state index in [0.717, 1.165) is 6.26 Å². The first kappa shape index (κ1) is 18.7. The number of hydrogen-bond acceptors (Lipinski definition) is 5. The predicted octanol–water partition coefficient (Wildman–Crippen LogP) is 1.56. The summed E-state index contributed by atoms with van der Waals surface area (Å²) < 4.78 is 43.1. The summed E-state index contributed by atoms with van der Waals surface area (Å²) in [6.45, 7) is 5.00. The molecule has 0 unspecified atom stereocenters. The molecule has 3 atom stereocenters. The van der Waals surface area contributed by atoms with Crippen LogP contribution in [0.5, 0.6) is 0 Å². The van der Waals surface area contributed by atoms with Crippen molar-refractivity contribution in [1.82, 2.24) is 5.32 Å². The Labute approximate surface area is 141 Å². The number of nitrogens with one attached hydrogen (secondary N) is 1. The van der Waals surface area contributed by atoms with Crippen LogP contribution in [0.4, 0.5) is 9.18 Å². The van der Waals surface area contributed by atoms with Gasteiger partial charge in [-0.15, -0.1) is 0 Å². The monoisotopic (exact) mass is 358 g/mol. The van der Waals surface area contributed by atoms with Gasteiger partial charge < -0.3 is 15.8 Å². The van der Waals surface area contributed by atoms with Crippen molar-refractivity contribution in [3.05, 3.63) is 35.6 Å². The third kappa shape index (κ3) is 3.70. The summed E-state index contributed by atoms with van der Waals surface area (Å²) in [7, 11) is -3.52. The van der Waals surface area contributed by atoms with Crippen LogP contribution in [0.2, 0.25) is 0 Å². The molecule has 1 aliphatic rings. The molecule has 3 N–H and O–H groups in total. The molecule has 1 fully saturated rings. The van der Waals surface area contributed by atoms with Gasteiger partial charge in [0.15, 0.2) is 9.84 Å². The van der Waals surface area contributed by atoms with Crippen LogP contribution < -0.4 is 11.1 Å². The standard InChI is InChI=1S/C16H23FN2O4S/c1-15(2,3)23-14(20)19-16(9-18)12(13(16)24(4,21)22)10-6-5-7-11(17)8-10/h5-8,12-13H,9,18H2,1-4H3,(H,19,20)/t12-,13-,16-/m1/s1. The Hall–Kier alpha value is -1.67. The zero-order valence-electron chi connectivity index (χ0n) is 14.2. The highest BCUT2D eigenvalue weighted by atomic mass is 32.2. The van der Waals surface area contributed by atoms with Crippen LogP contribution >= 0.6 is 0 Å². The maximum Gasteiger partial charge on any atom is 0.408 e. The minimum Gasteiger partial charge on any atom is -0.444 e. The molecule has 0 heterocycles. The topological polar surface area (TPSA) is 98.5 Å². The summed E-state index contributed by atoms with van der Waals surface area (Å²) in [6, 6.07) is 5.65. The van der Waals surface area contributed by atoms with Crippen LogP contribution in [-0.2, 0) is 14.6 Å². The summed E-state index contributed by atoms with van der Waals surface area (Å²) in [4.78, 5) is 12.1. The summed E-state index contributed by atoms with van der Waals surface area (Å²) in [5.41, 5.74) is 4.35. The molecule has 134 valence electrons. The van der Waals surface area contributed by atoms with Crippen molar-refractivity contribution in [2.45, 2.75) is 43.1 Å². The lowest BCUT2D eigenvalue weighted by molar-refractivity contribution is 0.0497. The molecule has 1 amide bonds. The van der Waals surface area contributed by atoms with Crippen LogP contribution in [0.1, 0.15) is 32.3 Å². The predicted molar refractivity (Wildman–Crippen MR) is 88.9 cm³/mol. The second-order valence-corrected chi connectivity index (χ2v) is 9.32. The van der Waals surface area contributed by atoms with Crippen LogP contribution in [-0.4, -0.2) is 43.7 Å². The summed E-state index contributed by atoms with van der Waals surface area (Å²) in [5, 5.41) is 1.68. The SMILES string of the molecule is CC(C)(C)OC(=O)N[C@]1(CN)[C@H](c2cccc(F)c2)[C@H]1S(C)(=O)=O. The number of alkyl carbamates (subject to hydrolysis) is 1. The third-order valence-corrected chi connectivity index (χ3v) is 5.61. The molecule has 0 bridgehead atoms. The van der Waals surface area contributed by atoms with Gasteiger partial charge in [0.2, 0.25) is 0 Å². The van der Waals surface area contributed by atoms with Crippen molar-refractivity contribution >= 4 is 15.9 Å². The Morgan fingerprint density at radius 2 is 2.04 bits per heavy atom. The van der Waals surface area contributed by atoms with Gasteiger partial charge in [-0.05, 0) is 38.5 Å². The molecule has 0 radical (unpaired) electrons. The normalized spacial score (nSPS) is 26.8. The number of carbonyl (C=O) groups excluding carboxylic acids is 1. The number of sulfone groups is 1. The van der Waals surface area contributed by atoms with Crippen LogP contribution in [0.15, 0.2) is 24.3 Å². The number of ether oxygens (including phenoxy) is 1. The van der Waals surface area contributed by atoms with Gasteiger partial charge in [0.05, 0.1) is 10.8 Å². The Kier molecular flexibility index (Phi) is 4.67. The Balaban J connectivity index is 2.37. The van der Waals surface area contributed by atoms with E-state index >= 15 is 0 Å². The number of halogens is 1. The lowest BCUT2D eigenvalue weighted by Crippen LogP contribution is -2.48. The molecule has 0 aromatic heterocycles. The second-order valence-electron chi connectivity index (χ2n) is 7.15. The molecule has 1 aromatic carbocycles. The van der Waals surface area contributed by atoms with Gasteiger partial charge in [-0.1, -0.05) is 12.1 Å². The van der Waals surface area contributed by atoms with Crippen molar-refractivity contribution in [2.24, 2.45) is 5.73 Å². The van der Waals surface area contributed by atoms with Gasteiger partial charge >= 0.3 is 6.09 Å². The molecular weight excluding hydrogens is 335 g/mol. The lowest BCUT2D eigenvalue weighted by Gasteiger charge is -2.24. The number of carbonyl (C=O) groups is 1. The van der Waals surface area contributed by atoms with E-state index in [2.05, 4.69) is 5.32 Å². The van der Waals surface area contributed by atoms with Gasteiger partial charge in [0, 0.05) is 18.7 Å². The second kappa shape index (κ2) is 6.00. The van der Waals surface area contributed by atoms with Crippen molar-refractivity contribution < 1.29 is 22.3 Å². The highest BCUT2D eigenvalue weighted by Gasteiger charge is 2.70. The number of nitrogens with two attached hydrogens (primary N) is 1. The quantitative estimate of drug-likeness (QED) is 0.851. The van der Waals surface area contributed by atoms with E-state index in [9.17, 15) is 17.6 Å². The molecule has 6 nitrogen and oxygen atoms in total. The van der Waals surface area contributed by atoms with Crippen LogP contribution in [0, 0.1) is 5.82 Å². The maximum absolute atomic E-state index is 13.5. The zero-order chi connectivity index (χ0) is 18.3. The van der Waals surface area contributed by atoms with E-state index in [-0.39, 0.29) is 6.54 Å². The number of hydrogen-bond donors (Lipinski definition) is 2. The molecule has 2 rings (SSSR count). The molecule has 24 heavy (non-hydrogen) atoms. The van der Waals surface area contributed by atoms with E-state index in [1.165, 1.54) is 18.2 Å². The van der Waals surface area contributed by atoms with E-state index < -0.39 is 44.1 Å². The number of amides is 1. The fourth-order valence-electron chi connectivity index (χ4n) is 3.14. The van der Waals surface area contributed by atoms with E-state index in [4.69, 9.17) is 10.5 Å². The van der Waals surface area contributed by atoms with Gasteiger partial charge in [-0.25, -0.2) is 17.6 Å². The first-order chi connectivity index (χ1) is 10.9. The van der Waals surface area contributed by atoms with Crippen molar-refractivity contribution in [1.29, 1.82) is 0 Å². The third-order valence-electron chi connectivity index (χ3n) is 4.00. The lowest BCUT2D eigenvalue weighted by atomic mass is 10.1. The Morgan fingerprint density at radius 1 is 1.42 bits per heavy atom. The van der Waals surface area contributed by atoms with Crippen molar-refractivity contribution in [3.63, 3.8) is 0 Å². The average molecular weight is 358 g/mol. The summed E-state index contributed by atoms with van der Waals surface area (Å²) in [5.74, 6) is -1.10. The van der Waals surface area contributed by atoms with Crippen molar-refractivity contribution in [3.8, 4) is 0 Å². The van der Waals surface area contributed by atoms with Gasteiger partial charge in [-0.3, -0.25) is 0 Å². The first-order valence-corrected chi connectivity index (χ1v) is 9.52. The molecule has 0 spiro atoms. The number of benzene rings is 1. The zero-order valence-corrected chi connectivity index (χ0v) is 15.0. The molecule has 1 aromatic rings. The minimum atomic E-state index is -3.52.